The van der Waals surface area contributed by atoms with Gasteiger partial charge in [-0.25, -0.2) is 8.42 Å². The highest BCUT2D eigenvalue weighted by Gasteiger charge is 2.40. The molecule has 5 nitrogen and oxygen atoms in total. The molecule has 0 aromatic rings. The van der Waals surface area contributed by atoms with E-state index in [1.54, 1.807) is 0 Å². The number of carbonyl (C=O) groups is 1. The molecule has 2 aliphatic carbocycles. The summed E-state index contributed by atoms with van der Waals surface area (Å²) in [6, 6.07) is 0.371. The van der Waals surface area contributed by atoms with Gasteiger partial charge in [0.1, 0.15) is 5.75 Å². The number of rotatable bonds is 5. The number of hydrogen-bond acceptors (Lipinski definition) is 4. The van der Waals surface area contributed by atoms with Crippen molar-refractivity contribution in [3.63, 3.8) is 0 Å². The number of nitrogens with two attached hydrogens (primary N) is 1. The predicted octanol–water partition coefficient (Wildman–Crippen LogP) is 0.833. The molecule has 2 rings (SSSR count). The first-order valence-corrected chi connectivity index (χ1v) is 9.49. The number of sulfone groups is 1. The Kier molecular flexibility index (Phi) is 5.07. The highest BCUT2D eigenvalue weighted by molar-refractivity contribution is 7.92. The molecule has 0 heterocycles. The van der Waals surface area contributed by atoms with Gasteiger partial charge in [0.15, 0.2) is 9.84 Å². The van der Waals surface area contributed by atoms with Gasteiger partial charge in [-0.05, 0) is 43.9 Å². The minimum absolute atomic E-state index is 0.0861. The van der Waals surface area contributed by atoms with Crippen LogP contribution in [0.1, 0.15) is 45.4 Å². The van der Waals surface area contributed by atoms with Crippen LogP contribution < -0.4 is 11.1 Å². The molecule has 116 valence electrons. The van der Waals surface area contributed by atoms with Crippen LogP contribution in [0.3, 0.4) is 0 Å². The average molecular weight is 302 g/mol. The zero-order chi connectivity index (χ0) is 14.8. The molecule has 0 aromatic carbocycles. The van der Waals surface area contributed by atoms with Gasteiger partial charge in [0.2, 0.25) is 5.91 Å². The lowest BCUT2D eigenvalue weighted by atomic mass is 9.67. The molecule has 0 radical (unpaired) electrons. The Bertz CT molecular complexity index is 435. The second-order valence-electron chi connectivity index (χ2n) is 6.37. The van der Waals surface area contributed by atoms with Crippen molar-refractivity contribution in [3.05, 3.63) is 0 Å². The second-order valence-corrected chi connectivity index (χ2v) is 8.55. The Hall–Kier alpha value is -0.620. The summed E-state index contributed by atoms with van der Waals surface area (Å²) in [4.78, 5) is 12.0. The van der Waals surface area contributed by atoms with Crippen LogP contribution in [-0.4, -0.2) is 37.9 Å². The number of carbonyl (C=O) groups excluding carboxylic acids is 1. The molecule has 20 heavy (non-hydrogen) atoms. The van der Waals surface area contributed by atoms with Crippen molar-refractivity contribution in [2.45, 2.75) is 57.5 Å². The van der Waals surface area contributed by atoms with Gasteiger partial charge in [0.25, 0.3) is 0 Å². The Morgan fingerprint density at radius 1 is 1.25 bits per heavy atom. The van der Waals surface area contributed by atoms with E-state index in [1.165, 1.54) is 6.42 Å². The molecular weight excluding hydrogens is 276 g/mol. The molecule has 2 saturated carbocycles. The molecule has 0 aliphatic heterocycles. The summed E-state index contributed by atoms with van der Waals surface area (Å²) < 4.78 is 23.4. The number of nitrogens with one attached hydrogen (secondary N) is 1. The third kappa shape index (κ3) is 3.95. The molecule has 2 fully saturated rings. The molecule has 6 heteroatoms. The van der Waals surface area contributed by atoms with Crippen LogP contribution >= 0.6 is 0 Å². The molecule has 2 atom stereocenters. The maximum Gasteiger partial charge on any atom is 0.235 e. The number of hydrogen-bond donors (Lipinski definition) is 2. The predicted molar refractivity (Wildman–Crippen MR) is 78.9 cm³/mol. The van der Waals surface area contributed by atoms with E-state index in [-0.39, 0.29) is 29.5 Å². The SMILES string of the molecule is CCCS(=O)(=O)CC(=O)NC1C2CCCC1CC(N)C2. The van der Waals surface area contributed by atoms with E-state index in [9.17, 15) is 13.2 Å². The van der Waals surface area contributed by atoms with Crippen LogP contribution in [0.4, 0.5) is 0 Å². The summed E-state index contributed by atoms with van der Waals surface area (Å²) in [6.45, 7) is 1.81. The minimum Gasteiger partial charge on any atom is -0.352 e. The molecule has 0 saturated heterocycles. The monoisotopic (exact) mass is 302 g/mol. The topological polar surface area (TPSA) is 89.3 Å². The van der Waals surface area contributed by atoms with Crippen molar-refractivity contribution in [2.75, 3.05) is 11.5 Å². The molecule has 3 N–H and O–H groups in total. The molecule has 2 aliphatic rings. The highest BCUT2D eigenvalue weighted by atomic mass is 32.2. The van der Waals surface area contributed by atoms with Gasteiger partial charge in [0, 0.05) is 12.1 Å². The Morgan fingerprint density at radius 3 is 2.40 bits per heavy atom. The van der Waals surface area contributed by atoms with Crippen LogP contribution in [0.5, 0.6) is 0 Å². The average Bonchev–Trinajstić information content (AvgIpc) is 2.29. The third-order valence-electron chi connectivity index (χ3n) is 4.57. The standard InChI is InChI=1S/C14H26N2O3S/c1-2-6-20(18,19)9-13(17)16-14-10-4-3-5-11(14)8-12(15)7-10/h10-12,14H,2-9,15H2,1H3,(H,16,17). The normalized spacial score (nSPS) is 33.7. The molecule has 1 amide bonds. The van der Waals surface area contributed by atoms with Gasteiger partial charge >= 0.3 is 0 Å². The third-order valence-corrected chi connectivity index (χ3v) is 6.30. The van der Waals surface area contributed by atoms with Crippen molar-refractivity contribution in [2.24, 2.45) is 17.6 Å². The van der Waals surface area contributed by atoms with Gasteiger partial charge in [-0.3, -0.25) is 4.79 Å². The lowest BCUT2D eigenvalue weighted by molar-refractivity contribution is -0.120. The fraction of sp³-hybridized carbons (Fsp3) is 0.929. The Labute approximate surface area is 121 Å². The fourth-order valence-corrected chi connectivity index (χ4v) is 5.08. The van der Waals surface area contributed by atoms with Crippen LogP contribution in [-0.2, 0) is 14.6 Å². The van der Waals surface area contributed by atoms with Crippen LogP contribution in [0.25, 0.3) is 0 Å². The second kappa shape index (κ2) is 6.43. The maximum atomic E-state index is 12.0. The van der Waals surface area contributed by atoms with Crippen LogP contribution in [0, 0.1) is 11.8 Å². The number of fused-ring (bicyclic) bond motifs is 2. The maximum absolute atomic E-state index is 12.0. The molecule has 0 spiro atoms. The van der Waals surface area contributed by atoms with Crippen molar-refractivity contribution >= 4 is 15.7 Å². The summed E-state index contributed by atoms with van der Waals surface area (Å²) in [5.41, 5.74) is 6.05. The first-order chi connectivity index (χ1) is 9.41. The molecular formula is C14H26N2O3S. The van der Waals surface area contributed by atoms with E-state index < -0.39 is 9.84 Å². The molecule has 2 bridgehead atoms. The fourth-order valence-electron chi connectivity index (χ4n) is 3.84. The highest BCUT2D eigenvalue weighted by Crippen LogP contribution is 2.39. The lowest BCUT2D eigenvalue weighted by Crippen LogP contribution is -2.54. The van der Waals surface area contributed by atoms with Gasteiger partial charge in [-0.1, -0.05) is 13.3 Å². The Morgan fingerprint density at radius 2 is 1.85 bits per heavy atom. The van der Waals surface area contributed by atoms with Crippen molar-refractivity contribution in [1.29, 1.82) is 0 Å². The largest absolute Gasteiger partial charge is 0.352 e. The summed E-state index contributed by atoms with van der Waals surface area (Å²) in [6.07, 6.45) is 5.84. The van der Waals surface area contributed by atoms with Crippen molar-refractivity contribution < 1.29 is 13.2 Å². The van der Waals surface area contributed by atoms with E-state index in [1.807, 2.05) is 6.92 Å². The number of amides is 1. The zero-order valence-corrected chi connectivity index (χ0v) is 13.0. The molecule has 2 unspecified atom stereocenters. The van der Waals surface area contributed by atoms with Crippen molar-refractivity contribution in [1.82, 2.24) is 5.32 Å². The quantitative estimate of drug-likeness (QED) is 0.787. The first kappa shape index (κ1) is 15.8. The molecule has 0 aromatic heterocycles. The summed E-state index contributed by atoms with van der Waals surface area (Å²) in [7, 11) is -3.25. The summed E-state index contributed by atoms with van der Waals surface area (Å²) in [5.74, 6) is 0.229. The zero-order valence-electron chi connectivity index (χ0n) is 12.2. The minimum atomic E-state index is -3.25. The smallest absolute Gasteiger partial charge is 0.235 e. The van der Waals surface area contributed by atoms with E-state index in [0.29, 0.717) is 18.3 Å². The summed E-state index contributed by atoms with van der Waals surface area (Å²) >= 11 is 0. The van der Waals surface area contributed by atoms with Crippen molar-refractivity contribution in [3.8, 4) is 0 Å². The lowest BCUT2D eigenvalue weighted by Gasteiger charge is -2.45. The van der Waals surface area contributed by atoms with E-state index in [4.69, 9.17) is 5.73 Å². The van der Waals surface area contributed by atoms with E-state index in [0.717, 1.165) is 25.7 Å². The van der Waals surface area contributed by atoms with Crippen LogP contribution in [0.2, 0.25) is 0 Å². The van der Waals surface area contributed by atoms with Gasteiger partial charge in [-0.2, -0.15) is 0 Å². The van der Waals surface area contributed by atoms with Gasteiger partial charge < -0.3 is 11.1 Å². The van der Waals surface area contributed by atoms with E-state index >= 15 is 0 Å². The van der Waals surface area contributed by atoms with Gasteiger partial charge in [0.05, 0.1) is 5.75 Å². The first-order valence-electron chi connectivity index (χ1n) is 7.66. The van der Waals surface area contributed by atoms with E-state index in [2.05, 4.69) is 5.32 Å². The van der Waals surface area contributed by atoms with Gasteiger partial charge in [-0.15, -0.1) is 0 Å². The Balaban J connectivity index is 1.94. The van der Waals surface area contributed by atoms with Crippen LogP contribution in [0.15, 0.2) is 0 Å². The summed E-state index contributed by atoms with van der Waals surface area (Å²) in [5, 5.41) is 2.98.